The predicted molar refractivity (Wildman–Crippen MR) is 91.2 cm³/mol. The summed E-state index contributed by atoms with van der Waals surface area (Å²) >= 11 is 0. The fourth-order valence-electron chi connectivity index (χ4n) is 2.03. The number of carboxylic acids is 1. The van der Waals surface area contributed by atoms with Crippen LogP contribution in [0.25, 0.3) is 6.08 Å². The summed E-state index contributed by atoms with van der Waals surface area (Å²) in [6.45, 7) is 11.4. The van der Waals surface area contributed by atoms with Crippen LogP contribution in [0.15, 0.2) is 49.1 Å². The van der Waals surface area contributed by atoms with Crippen LogP contribution in [-0.2, 0) is 4.79 Å². The van der Waals surface area contributed by atoms with Crippen molar-refractivity contribution in [1.82, 2.24) is 0 Å². The Hall–Kier alpha value is -1.83. The number of benzene rings is 1. The fourth-order valence-corrected chi connectivity index (χ4v) is 2.03. The van der Waals surface area contributed by atoms with Gasteiger partial charge in [-0.05, 0) is 24.3 Å². The van der Waals surface area contributed by atoms with Crippen LogP contribution in [0.1, 0.15) is 51.5 Å². The van der Waals surface area contributed by atoms with E-state index in [2.05, 4.69) is 20.1 Å². The second kappa shape index (κ2) is 12.0. The van der Waals surface area contributed by atoms with Gasteiger partial charge in [-0.15, -0.1) is 0 Å². The highest BCUT2D eigenvalue weighted by molar-refractivity contribution is 5.86. The average Bonchev–Trinajstić information content (AvgIpc) is 2.52. The van der Waals surface area contributed by atoms with Gasteiger partial charge in [0.15, 0.2) is 0 Å². The van der Waals surface area contributed by atoms with E-state index in [1.165, 1.54) is 18.4 Å². The molecule has 0 saturated carbocycles. The van der Waals surface area contributed by atoms with E-state index in [4.69, 9.17) is 5.11 Å². The SMILES string of the molecule is C=C(C(=O)O)C(CC)CCCCC.C=Cc1ccccc1. The molecule has 116 valence electrons. The van der Waals surface area contributed by atoms with Crippen molar-refractivity contribution in [2.75, 3.05) is 0 Å². The van der Waals surface area contributed by atoms with Gasteiger partial charge in [0.25, 0.3) is 0 Å². The van der Waals surface area contributed by atoms with E-state index >= 15 is 0 Å². The average molecular weight is 288 g/mol. The van der Waals surface area contributed by atoms with E-state index in [1.54, 1.807) is 0 Å². The first-order valence-electron chi connectivity index (χ1n) is 7.66. The Morgan fingerprint density at radius 1 is 1.24 bits per heavy atom. The monoisotopic (exact) mass is 288 g/mol. The molecule has 0 aliphatic rings. The van der Waals surface area contributed by atoms with Crippen molar-refractivity contribution in [1.29, 1.82) is 0 Å². The Kier molecular flexibility index (Phi) is 10.9. The number of hydrogen-bond donors (Lipinski definition) is 1. The van der Waals surface area contributed by atoms with Crippen LogP contribution in [0.2, 0.25) is 0 Å². The second-order valence-electron chi connectivity index (χ2n) is 5.05. The molecule has 0 radical (unpaired) electrons. The van der Waals surface area contributed by atoms with Gasteiger partial charge >= 0.3 is 5.97 Å². The molecule has 1 unspecified atom stereocenters. The summed E-state index contributed by atoms with van der Waals surface area (Å²) in [4.78, 5) is 10.6. The smallest absolute Gasteiger partial charge is 0.331 e. The summed E-state index contributed by atoms with van der Waals surface area (Å²) in [5.74, 6) is -0.674. The van der Waals surface area contributed by atoms with E-state index < -0.39 is 5.97 Å². The van der Waals surface area contributed by atoms with Gasteiger partial charge in [0, 0.05) is 5.57 Å². The first-order chi connectivity index (χ1) is 10.1. The zero-order valence-electron chi connectivity index (χ0n) is 13.3. The summed E-state index contributed by atoms with van der Waals surface area (Å²) in [7, 11) is 0. The Balaban J connectivity index is 0.000000423. The molecule has 21 heavy (non-hydrogen) atoms. The number of carbonyl (C=O) groups is 1. The molecule has 0 amide bonds. The van der Waals surface area contributed by atoms with Gasteiger partial charge in [0.1, 0.15) is 0 Å². The van der Waals surface area contributed by atoms with Gasteiger partial charge < -0.3 is 5.11 Å². The number of unbranched alkanes of at least 4 members (excludes halogenated alkanes) is 2. The third kappa shape index (κ3) is 8.85. The maximum absolute atomic E-state index is 10.6. The van der Waals surface area contributed by atoms with Crippen LogP contribution >= 0.6 is 0 Å². The normalized spacial score (nSPS) is 11.0. The zero-order chi connectivity index (χ0) is 16.1. The summed E-state index contributed by atoms with van der Waals surface area (Å²) < 4.78 is 0. The van der Waals surface area contributed by atoms with Gasteiger partial charge in [0.2, 0.25) is 0 Å². The molecule has 0 spiro atoms. The Labute approximate surface area is 129 Å². The van der Waals surface area contributed by atoms with Crippen LogP contribution in [0.4, 0.5) is 0 Å². The predicted octanol–water partition coefficient (Wildman–Crippen LogP) is 5.56. The van der Waals surface area contributed by atoms with Gasteiger partial charge in [-0.1, -0.05) is 82.7 Å². The number of carboxylic acid groups (broad SMARTS) is 1. The van der Waals surface area contributed by atoms with Crippen molar-refractivity contribution in [2.45, 2.75) is 46.0 Å². The zero-order valence-corrected chi connectivity index (χ0v) is 13.3. The Bertz CT molecular complexity index is 420. The van der Waals surface area contributed by atoms with Crippen molar-refractivity contribution < 1.29 is 9.90 Å². The quantitative estimate of drug-likeness (QED) is 0.502. The van der Waals surface area contributed by atoms with Gasteiger partial charge in [-0.3, -0.25) is 0 Å². The van der Waals surface area contributed by atoms with Crippen LogP contribution < -0.4 is 0 Å². The van der Waals surface area contributed by atoms with Crippen LogP contribution in [0, 0.1) is 5.92 Å². The number of rotatable bonds is 8. The molecule has 2 heteroatoms. The minimum absolute atomic E-state index is 0.170. The highest BCUT2D eigenvalue weighted by atomic mass is 16.4. The second-order valence-corrected chi connectivity index (χ2v) is 5.05. The largest absolute Gasteiger partial charge is 0.478 e. The number of hydrogen-bond acceptors (Lipinski definition) is 1. The molecule has 1 N–H and O–H groups in total. The summed E-state index contributed by atoms with van der Waals surface area (Å²) in [6.07, 6.45) is 7.16. The summed E-state index contributed by atoms with van der Waals surface area (Å²) in [6, 6.07) is 10.0. The van der Waals surface area contributed by atoms with Gasteiger partial charge in [0.05, 0.1) is 0 Å². The van der Waals surface area contributed by atoms with Crippen molar-refractivity contribution >= 4 is 12.0 Å². The van der Waals surface area contributed by atoms with E-state index in [0.717, 1.165) is 19.3 Å². The lowest BCUT2D eigenvalue weighted by molar-refractivity contribution is -0.133. The molecule has 1 atom stereocenters. The van der Waals surface area contributed by atoms with Crippen molar-refractivity contribution in [3.63, 3.8) is 0 Å². The van der Waals surface area contributed by atoms with Crippen LogP contribution in [0.3, 0.4) is 0 Å². The lowest BCUT2D eigenvalue weighted by atomic mass is 9.92. The van der Waals surface area contributed by atoms with E-state index in [1.807, 2.05) is 43.3 Å². The van der Waals surface area contributed by atoms with Crippen molar-refractivity contribution in [2.24, 2.45) is 5.92 Å². The molecule has 0 heterocycles. The molecule has 0 fully saturated rings. The first kappa shape index (κ1) is 19.2. The molecule has 0 aromatic heterocycles. The van der Waals surface area contributed by atoms with Crippen LogP contribution in [0.5, 0.6) is 0 Å². The molecule has 1 rings (SSSR count). The minimum Gasteiger partial charge on any atom is -0.478 e. The lowest BCUT2D eigenvalue weighted by Gasteiger charge is -2.13. The first-order valence-corrected chi connectivity index (χ1v) is 7.66. The third-order valence-corrected chi connectivity index (χ3v) is 3.45. The molecular formula is C19H28O2. The van der Waals surface area contributed by atoms with Gasteiger partial charge in [-0.2, -0.15) is 0 Å². The van der Waals surface area contributed by atoms with E-state index in [0.29, 0.717) is 5.57 Å². The van der Waals surface area contributed by atoms with Crippen molar-refractivity contribution in [3.8, 4) is 0 Å². The molecule has 1 aromatic carbocycles. The number of aliphatic carboxylic acids is 1. The maximum Gasteiger partial charge on any atom is 0.331 e. The molecule has 0 aliphatic heterocycles. The molecule has 0 bridgehead atoms. The Morgan fingerprint density at radius 2 is 1.86 bits per heavy atom. The molecular weight excluding hydrogens is 260 g/mol. The highest BCUT2D eigenvalue weighted by Gasteiger charge is 2.15. The lowest BCUT2D eigenvalue weighted by Crippen LogP contribution is -2.10. The molecule has 2 nitrogen and oxygen atoms in total. The van der Waals surface area contributed by atoms with Crippen LogP contribution in [-0.4, -0.2) is 11.1 Å². The summed E-state index contributed by atoms with van der Waals surface area (Å²) in [5.41, 5.74) is 1.55. The summed E-state index contributed by atoms with van der Waals surface area (Å²) in [5, 5.41) is 8.74. The molecule has 1 aromatic rings. The van der Waals surface area contributed by atoms with E-state index in [9.17, 15) is 4.79 Å². The van der Waals surface area contributed by atoms with E-state index in [-0.39, 0.29) is 5.92 Å². The topological polar surface area (TPSA) is 37.3 Å². The Morgan fingerprint density at radius 3 is 2.24 bits per heavy atom. The fraction of sp³-hybridized carbons (Fsp3) is 0.421. The molecule has 0 saturated heterocycles. The minimum atomic E-state index is -0.844. The third-order valence-electron chi connectivity index (χ3n) is 3.45. The maximum atomic E-state index is 10.6. The molecule has 0 aliphatic carbocycles. The standard InChI is InChI=1S/C11H20O2.C8H8/c1-4-6-7-8-10(5-2)9(3)11(12)13;1-2-8-6-4-3-5-7-8/h10H,3-8H2,1-2H3,(H,12,13);2-7H,1H2. The highest BCUT2D eigenvalue weighted by Crippen LogP contribution is 2.20. The van der Waals surface area contributed by atoms with Gasteiger partial charge in [-0.25, -0.2) is 4.79 Å². The van der Waals surface area contributed by atoms with Crippen molar-refractivity contribution in [3.05, 3.63) is 54.6 Å².